The van der Waals surface area contributed by atoms with Gasteiger partial charge in [0, 0.05) is 39.4 Å². The molecule has 1 aliphatic rings. The fraction of sp³-hybridized carbons (Fsp3) is 0.690. The Hall–Kier alpha value is -3.39. The summed E-state index contributed by atoms with van der Waals surface area (Å²) in [6.45, 7) is 14.3. The number of amides is 4. The first-order valence-corrected chi connectivity index (χ1v) is 20.8. The zero-order valence-corrected chi connectivity index (χ0v) is 36.1. The molecule has 1 aliphatic heterocycles. The van der Waals surface area contributed by atoms with Crippen LogP contribution in [0.5, 0.6) is 0 Å². The third-order valence-corrected chi connectivity index (χ3v) is 12.2. The van der Waals surface area contributed by atoms with Gasteiger partial charge in [-0.25, -0.2) is 4.98 Å². The maximum atomic E-state index is 14.3. The van der Waals surface area contributed by atoms with Crippen LogP contribution in [0.1, 0.15) is 90.8 Å². The van der Waals surface area contributed by atoms with E-state index in [1.165, 1.54) is 11.3 Å². The minimum atomic E-state index is -0.751. The van der Waals surface area contributed by atoms with Gasteiger partial charge in [-0.1, -0.05) is 85.2 Å². The summed E-state index contributed by atoms with van der Waals surface area (Å²) >= 11 is 1.51. The van der Waals surface area contributed by atoms with E-state index in [0.717, 1.165) is 23.4 Å². The van der Waals surface area contributed by atoms with Crippen LogP contribution in [0.4, 0.5) is 0 Å². The Balaban J connectivity index is 1.79. The van der Waals surface area contributed by atoms with E-state index in [0.29, 0.717) is 19.4 Å². The molecule has 2 N–H and O–H groups in total. The summed E-state index contributed by atoms with van der Waals surface area (Å²) in [5, 5.41) is 9.02. The van der Waals surface area contributed by atoms with Crippen molar-refractivity contribution in [1.82, 2.24) is 30.3 Å². The van der Waals surface area contributed by atoms with Crippen LogP contribution in [0.3, 0.4) is 0 Å². The molecule has 0 spiro atoms. The predicted molar refractivity (Wildman–Crippen MR) is 218 cm³/mol. The van der Waals surface area contributed by atoms with Gasteiger partial charge < -0.3 is 29.9 Å². The van der Waals surface area contributed by atoms with Crippen molar-refractivity contribution in [3.05, 3.63) is 52.5 Å². The largest absolute Gasteiger partial charge is 0.379 e. The Morgan fingerprint density at radius 1 is 0.945 bits per heavy atom. The highest BCUT2D eigenvalue weighted by atomic mass is 32.1. The third-order valence-electron chi connectivity index (χ3n) is 11.3. The Kier molecular flexibility index (Phi) is 18.2. The van der Waals surface area contributed by atoms with E-state index in [1.807, 2.05) is 94.2 Å². The molecule has 0 radical (unpaired) electrons. The standard InChI is InChI=1S/C42H68N6O6S/c1-13-28(6)37(47(10)42(52)35(26(2)3)45-40(51)36(27(4)5)46(8)9)33(53-11)25-34(49)48-22-17-20-32(48)38(54-12)29(7)39(50)44-31(41-43-21-23-55-41)24-30-18-15-14-16-19-30/h14-16,18-19,21,23,26-29,31-33,35-38H,13,17,20,22,24-25H2,1-12H3,(H,44,50)(H,45,51)/t28-,29-,31+,32-,33-,35-,36-,37+,38-/m1/s1. The monoisotopic (exact) mass is 784 g/mol. The molecule has 3 rings (SSSR count). The van der Waals surface area contributed by atoms with Gasteiger partial charge in [0.25, 0.3) is 0 Å². The molecule has 13 heteroatoms. The van der Waals surface area contributed by atoms with E-state index in [-0.39, 0.29) is 65.9 Å². The van der Waals surface area contributed by atoms with Gasteiger partial charge in [-0.3, -0.25) is 24.1 Å². The number of hydrogen-bond donors (Lipinski definition) is 2. The van der Waals surface area contributed by atoms with Crippen molar-refractivity contribution < 1.29 is 28.7 Å². The number of benzene rings is 1. The van der Waals surface area contributed by atoms with Gasteiger partial charge >= 0.3 is 0 Å². The van der Waals surface area contributed by atoms with Crippen molar-refractivity contribution in [2.45, 2.75) is 123 Å². The lowest BCUT2D eigenvalue weighted by atomic mass is 9.89. The van der Waals surface area contributed by atoms with Crippen molar-refractivity contribution in [2.75, 3.05) is 41.9 Å². The van der Waals surface area contributed by atoms with E-state index >= 15 is 0 Å². The van der Waals surface area contributed by atoms with Crippen LogP contribution in [0, 0.1) is 23.7 Å². The second kappa shape index (κ2) is 21.8. The summed E-state index contributed by atoms with van der Waals surface area (Å²) < 4.78 is 12.1. The molecule has 308 valence electrons. The van der Waals surface area contributed by atoms with Crippen LogP contribution in [-0.4, -0.2) is 122 Å². The number of carbonyl (C=O) groups is 4. The van der Waals surface area contributed by atoms with Gasteiger partial charge in [0.05, 0.1) is 48.7 Å². The minimum absolute atomic E-state index is 0.00751. The molecule has 0 bridgehead atoms. The number of rotatable bonds is 21. The van der Waals surface area contributed by atoms with Gasteiger partial charge in [-0.2, -0.15) is 0 Å². The van der Waals surface area contributed by atoms with E-state index < -0.39 is 30.2 Å². The summed E-state index contributed by atoms with van der Waals surface area (Å²) in [7, 11) is 8.66. The number of carbonyl (C=O) groups excluding carboxylic acids is 4. The number of likely N-dealkylation sites (tertiary alicyclic amines) is 1. The molecule has 2 heterocycles. The van der Waals surface area contributed by atoms with Crippen molar-refractivity contribution in [2.24, 2.45) is 23.7 Å². The summed E-state index contributed by atoms with van der Waals surface area (Å²) in [4.78, 5) is 65.8. The SMILES string of the molecule is CC[C@@H](C)[C@@H]([C@@H](CC(=O)N1CCC[C@@H]1[C@H](OC)[C@@H](C)C(=O)N[C@@H](Cc1ccccc1)c1nccs1)OC)N(C)C(=O)[C@H](NC(=O)[C@@H](C(C)C)N(C)C)C(C)C. The Morgan fingerprint density at radius 3 is 2.15 bits per heavy atom. The molecule has 9 atom stereocenters. The molecule has 12 nitrogen and oxygen atoms in total. The lowest BCUT2D eigenvalue weighted by Gasteiger charge is -2.41. The molecule has 2 aromatic rings. The zero-order valence-electron chi connectivity index (χ0n) is 35.3. The number of thiazole rings is 1. The zero-order chi connectivity index (χ0) is 41.0. The summed E-state index contributed by atoms with van der Waals surface area (Å²) in [5.41, 5.74) is 1.09. The molecule has 1 aromatic heterocycles. The molecular weight excluding hydrogens is 717 g/mol. The molecule has 1 aromatic carbocycles. The normalized spacial score (nSPS) is 19.0. The molecule has 0 aliphatic carbocycles. The fourth-order valence-electron chi connectivity index (χ4n) is 8.17. The first-order chi connectivity index (χ1) is 26.1. The first-order valence-electron chi connectivity index (χ1n) is 19.9. The minimum Gasteiger partial charge on any atom is -0.379 e. The van der Waals surface area contributed by atoms with Crippen molar-refractivity contribution in [1.29, 1.82) is 0 Å². The van der Waals surface area contributed by atoms with E-state index in [9.17, 15) is 19.2 Å². The number of nitrogens with one attached hydrogen (secondary N) is 2. The van der Waals surface area contributed by atoms with Gasteiger partial charge in [0.1, 0.15) is 11.0 Å². The summed E-state index contributed by atoms with van der Waals surface area (Å²) in [6, 6.07) is 7.83. The van der Waals surface area contributed by atoms with Crippen LogP contribution < -0.4 is 10.6 Å². The highest BCUT2D eigenvalue weighted by Gasteiger charge is 2.43. The molecule has 4 amide bonds. The average molecular weight is 785 g/mol. The third kappa shape index (κ3) is 12.1. The highest BCUT2D eigenvalue weighted by molar-refractivity contribution is 7.09. The van der Waals surface area contributed by atoms with Crippen LogP contribution in [0.2, 0.25) is 0 Å². The van der Waals surface area contributed by atoms with Gasteiger partial charge in [0.2, 0.25) is 23.6 Å². The highest BCUT2D eigenvalue weighted by Crippen LogP contribution is 2.30. The van der Waals surface area contributed by atoms with E-state index in [1.54, 1.807) is 32.4 Å². The number of ether oxygens (including phenoxy) is 2. The lowest BCUT2D eigenvalue weighted by molar-refractivity contribution is -0.148. The molecular formula is C42H68N6O6S. The first kappa shape index (κ1) is 46.0. The Morgan fingerprint density at radius 2 is 1.62 bits per heavy atom. The number of hydrogen-bond acceptors (Lipinski definition) is 9. The van der Waals surface area contributed by atoms with Gasteiger partial charge in [-0.05, 0) is 56.7 Å². The maximum Gasteiger partial charge on any atom is 0.245 e. The Bertz CT molecular complexity index is 1480. The van der Waals surface area contributed by atoms with Crippen LogP contribution in [0.25, 0.3) is 0 Å². The summed E-state index contributed by atoms with van der Waals surface area (Å²) in [6.07, 6.45) is 3.49. The predicted octanol–water partition coefficient (Wildman–Crippen LogP) is 5.19. The fourth-order valence-corrected chi connectivity index (χ4v) is 8.86. The number of nitrogens with zero attached hydrogens (tertiary/aromatic N) is 4. The second-order valence-electron chi connectivity index (χ2n) is 16.1. The molecule has 0 saturated carbocycles. The van der Waals surface area contributed by atoms with Crippen LogP contribution in [0.15, 0.2) is 41.9 Å². The van der Waals surface area contributed by atoms with Gasteiger partial charge in [-0.15, -0.1) is 11.3 Å². The number of likely N-dealkylation sites (N-methyl/N-ethyl adjacent to an activating group) is 2. The van der Waals surface area contributed by atoms with Crippen LogP contribution in [-0.2, 0) is 35.1 Å². The maximum absolute atomic E-state index is 14.3. The van der Waals surface area contributed by atoms with Crippen molar-refractivity contribution in [3.8, 4) is 0 Å². The van der Waals surface area contributed by atoms with Crippen molar-refractivity contribution >= 4 is 35.0 Å². The molecule has 1 fully saturated rings. The lowest BCUT2D eigenvalue weighted by Crippen LogP contribution is -2.59. The number of methoxy groups -OCH3 is 2. The topological polar surface area (TPSA) is 133 Å². The van der Waals surface area contributed by atoms with E-state index in [4.69, 9.17) is 9.47 Å². The van der Waals surface area contributed by atoms with Crippen LogP contribution >= 0.6 is 11.3 Å². The van der Waals surface area contributed by atoms with Crippen molar-refractivity contribution in [3.63, 3.8) is 0 Å². The smallest absolute Gasteiger partial charge is 0.245 e. The number of aromatic nitrogens is 1. The Labute approximate surface area is 334 Å². The average Bonchev–Trinajstić information content (AvgIpc) is 3.87. The molecule has 55 heavy (non-hydrogen) atoms. The molecule has 1 saturated heterocycles. The van der Waals surface area contributed by atoms with E-state index in [2.05, 4.69) is 29.5 Å². The van der Waals surface area contributed by atoms with Gasteiger partial charge in [0.15, 0.2) is 0 Å². The molecule has 0 unspecified atom stereocenters. The summed E-state index contributed by atoms with van der Waals surface area (Å²) in [5.74, 6) is -1.35. The quantitative estimate of drug-likeness (QED) is 0.177. The second-order valence-corrected chi connectivity index (χ2v) is 17.0.